The van der Waals surface area contributed by atoms with Crippen LogP contribution >= 0.6 is 12.2 Å². The SMILES string of the molecule is Cc1cc(NC(=S)NC2CCCCC2)cc(C(F)(F)F)c1. The minimum atomic E-state index is -4.35. The van der Waals surface area contributed by atoms with Crippen molar-refractivity contribution in [2.45, 2.75) is 51.2 Å². The van der Waals surface area contributed by atoms with E-state index in [9.17, 15) is 13.2 Å². The fraction of sp³-hybridized carbons (Fsp3) is 0.533. The zero-order valence-corrected chi connectivity index (χ0v) is 12.7. The van der Waals surface area contributed by atoms with Crippen LogP contribution in [0.25, 0.3) is 0 Å². The van der Waals surface area contributed by atoms with Crippen LogP contribution < -0.4 is 10.6 Å². The Labute approximate surface area is 128 Å². The van der Waals surface area contributed by atoms with E-state index in [0.717, 1.165) is 25.0 Å². The number of thiocarbonyl (C=S) groups is 1. The highest BCUT2D eigenvalue weighted by atomic mass is 32.1. The molecule has 0 aromatic heterocycles. The highest BCUT2D eigenvalue weighted by molar-refractivity contribution is 7.80. The van der Waals surface area contributed by atoms with E-state index in [1.807, 2.05) is 0 Å². The highest BCUT2D eigenvalue weighted by Crippen LogP contribution is 2.31. The number of hydrogen-bond acceptors (Lipinski definition) is 1. The van der Waals surface area contributed by atoms with Crippen LogP contribution in [0.4, 0.5) is 18.9 Å². The summed E-state index contributed by atoms with van der Waals surface area (Å²) < 4.78 is 38.3. The minimum Gasteiger partial charge on any atom is -0.360 e. The molecule has 21 heavy (non-hydrogen) atoms. The lowest BCUT2D eigenvalue weighted by Crippen LogP contribution is -2.38. The number of alkyl halides is 3. The molecule has 2 N–H and O–H groups in total. The highest BCUT2D eigenvalue weighted by Gasteiger charge is 2.31. The van der Waals surface area contributed by atoms with Gasteiger partial charge in [-0.1, -0.05) is 19.3 Å². The van der Waals surface area contributed by atoms with Crippen LogP contribution in [0.1, 0.15) is 43.2 Å². The van der Waals surface area contributed by atoms with E-state index in [-0.39, 0.29) is 0 Å². The number of halogens is 3. The molecule has 0 saturated heterocycles. The molecular weight excluding hydrogens is 297 g/mol. The molecule has 2 rings (SSSR count). The standard InChI is InChI=1S/C15H19F3N2S/c1-10-7-11(15(16,17)18)9-13(8-10)20-14(21)19-12-5-3-2-4-6-12/h7-9,12H,2-6H2,1H3,(H2,19,20,21). The number of benzene rings is 1. The first kappa shape index (κ1) is 16.1. The van der Waals surface area contributed by atoms with Crippen LogP contribution in [-0.4, -0.2) is 11.2 Å². The summed E-state index contributed by atoms with van der Waals surface area (Å²) >= 11 is 5.19. The second-order valence-electron chi connectivity index (χ2n) is 5.52. The van der Waals surface area contributed by atoms with Crippen LogP contribution in [0, 0.1) is 6.92 Å². The van der Waals surface area contributed by atoms with Gasteiger partial charge in [0.05, 0.1) is 5.56 Å². The van der Waals surface area contributed by atoms with Crippen LogP contribution in [-0.2, 0) is 6.18 Å². The molecule has 6 heteroatoms. The van der Waals surface area contributed by atoms with E-state index >= 15 is 0 Å². The summed E-state index contributed by atoms with van der Waals surface area (Å²) in [5.41, 5.74) is 0.258. The van der Waals surface area contributed by atoms with Gasteiger partial charge < -0.3 is 10.6 Å². The summed E-state index contributed by atoms with van der Waals surface area (Å²) in [6.45, 7) is 1.64. The fourth-order valence-electron chi connectivity index (χ4n) is 2.62. The van der Waals surface area contributed by atoms with Gasteiger partial charge >= 0.3 is 6.18 Å². The lowest BCUT2D eigenvalue weighted by Gasteiger charge is -2.24. The Morgan fingerprint density at radius 2 is 1.81 bits per heavy atom. The van der Waals surface area contributed by atoms with E-state index in [2.05, 4.69) is 10.6 Å². The first-order valence-corrected chi connectivity index (χ1v) is 7.52. The molecule has 0 atom stereocenters. The van der Waals surface area contributed by atoms with Gasteiger partial charge in [0.2, 0.25) is 0 Å². The largest absolute Gasteiger partial charge is 0.416 e. The predicted molar refractivity (Wildman–Crippen MR) is 82.4 cm³/mol. The number of anilines is 1. The van der Waals surface area contributed by atoms with Crippen molar-refractivity contribution in [3.8, 4) is 0 Å². The van der Waals surface area contributed by atoms with Crippen LogP contribution in [0.3, 0.4) is 0 Å². The summed E-state index contributed by atoms with van der Waals surface area (Å²) in [6.07, 6.45) is 1.35. The van der Waals surface area contributed by atoms with Gasteiger partial charge in [0, 0.05) is 11.7 Å². The van der Waals surface area contributed by atoms with E-state index in [1.54, 1.807) is 13.0 Å². The second kappa shape index (κ2) is 6.64. The molecule has 1 fully saturated rings. The van der Waals surface area contributed by atoms with Crippen LogP contribution in [0.5, 0.6) is 0 Å². The lowest BCUT2D eigenvalue weighted by molar-refractivity contribution is -0.137. The Morgan fingerprint density at radius 1 is 1.14 bits per heavy atom. The van der Waals surface area contributed by atoms with E-state index in [1.165, 1.54) is 19.3 Å². The van der Waals surface area contributed by atoms with Crippen LogP contribution in [0.15, 0.2) is 18.2 Å². The topological polar surface area (TPSA) is 24.1 Å². The van der Waals surface area contributed by atoms with Crippen molar-refractivity contribution in [1.82, 2.24) is 5.32 Å². The molecule has 1 saturated carbocycles. The Morgan fingerprint density at radius 3 is 2.43 bits per heavy atom. The maximum absolute atomic E-state index is 12.8. The molecule has 0 aliphatic heterocycles. The average Bonchev–Trinajstić information content (AvgIpc) is 2.37. The van der Waals surface area contributed by atoms with Gasteiger partial charge in [-0.25, -0.2) is 0 Å². The Kier molecular flexibility index (Phi) is 5.08. The Hall–Kier alpha value is -1.30. The summed E-state index contributed by atoms with van der Waals surface area (Å²) in [5, 5.41) is 6.44. The number of aryl methyl sites for hydroxylation is 1. The van der Waals surface area contributed by atoms with Gasteiger partial charge in [0.1, 0.15) is 0 Å². The number of rotatable bonds is 2. The third-order valence-corrected chi connectivity index (χ3v) is 3.82. The molecule has 0 bridgehead atoms. The van der Waals surface area contributed by atoms with Gasteiger partial charge in [-0.2, -0.15) is 13.2 Å². The summed E-state index contributed by atoms with van der Waals surface area (Å²) in [5.74, 6) is 0. The fourth-order valence-corrected chi connectivity index (χ4v) is 2.90. The molecule has 2 nitrogen and oxygen atoms in total. The van der Waals surface area contributed by atoms with Crippen molar-refractivity contribution in [3.63, 3.8) is 0 Å². The lowest BCUT2D eigenvalue weighted by atomic mass is 9.96. The normalized spacial score (nSPS) is 16.6. The predicted octanol–water partition coefficient (Wildman–Crippen LogP) is 4.63. The molecule has 0 unspecified atom stereocenters. The molecule has 0 spiro atoms. The first-order valence-electron chi connectivity index (χ1n) is 7.11. The zero-order valence-electron chi connectivity index (χ0n) is 11.9. The van der Waals surface area contributed by atoms with Crippen molar-refractivity contribution in [3.05, 3.63) is 29.3 Å². The quantitative estimate of drug-likeness (QED) is 0.778. The van der Waals surface area contributed by atoms with Gasteiger partial charge in [0.25, 0.3) is 0 Å². The third kappa shape index (κ3) is 4.88. The average molecular weight is 316 g/mol. The zero-order chi connectivity index (χ0) is 15.5. The van der Waals surface area contributed by atoms with Crippen molar-refractivity contribution < 1.29 is 13.2 Å². The van der Waals surface area contributed by atoms with Crippen molar-refractivity contribution in [1.29, 1.82) is 0 Å². The van der Waals surface area contributed by atoms with E-state index in [4.69, 9.17) is 12.2 Å². The third-order valence-electron chi connectivity index (χ3n) is 3.60. The molecule has 116 valence electrons. The molecule has 0 heterocycles. The van der Waals surface area contributed by atoms with Crippen molar-refractivity contribution in [2.75, 3.05) is 5.32 Å². The number of nitrogens with one attached hydrogen (secondary N) is 2. The first-order chi connectivity index (χ1) is 9.84. The monoisotopic (exact) mass is 316 g/mol. The number of hydrogen-bond donors (Lipinski definition) is 2. The van der Waals surface area contributed by atoms with E-state index < -0.39 is 11.7 Å². The van der Waals surface area contributed by atoms with Crippen molar-refractivity contribution >= 4 is 23.0 Å². The smallest absolute Gasteiger partial charge is 0.360 e. The van der Waals surface area contributed by atoms with Gasteiger partial charge in [0.15, 0.2) is 5.11 Å². The Balaban J connectivity index is 2.01. The molecule has 0 radical (unpaired) electrons. The van der Waals surface area contributed by atoms with Crippen molar-refractivity contribution in [2.24, 2.45) is 0 Å². The molecule has 1 aromatic carbocycles. The summed E-state index contributed by atoms with van der Waals surface area (Å²) in [7, 11) is 0. The maximum atomic E-state index is 12.8. The molecule has 0 amide bonds. The molecule has 1 aromatic rings. The van der Waals surface area contributed by atoms with Gasteiger partial charge in [-0.3, -0.25) is 0 Å². The second-order valence-corrected chi connectivity index (χ2v) is 5.93. The summed E-state index contributed by atoms with van der Waals surface area (Å²) in [6, 6.07) is 4.19. The minimum absolute atomic E-state index is 0.325. The molecule has 1 aliphatic carbocycles. The van der Waals surface area contributed by atoms with Gasteiger partial charge in [-0.05, 0) is 55.7 Å². The Bertz CT molecular complexity index is 508. The van der Waals surface area contributed by atoms with Crippen LogP contribution in [0.2, 0.25) is 0 Å². The molecule has 1 aliphatic rings. The molecular formula is C15H19F3N2S. The van der Waals surface area contributed by atoms with E-state index in [0.29, 0.717) is 22.4 Å². The maximum Gasteiger partial charge on any atom is 0.416 e. The summed E-state index contributed by atoms with van der Waals surface area (Å²) in [4.78, 5) is 0. The van der Waals surface area contributed by atoms with Gasteiger partial charge in [-0.15, -0.1) is 0 Å².